The van der Waals surface area contributed by atoms with E-state index in [1.54, 1.807) is 12.1 Å². The third-order valence-electron chi connectivity index (χ3n) is 4.67. The van der Waals surface area contributed by atoms with Crippen LogP contribution >= 0.6 is 0 Å². The molecule has 0 atom stereocenters. The highest BCUT2D eigenvalue weighted by Gasteiger charge is 2.52. The highest BCUT2D eigenvalue weighted by Crippen LogP contribution is 2.37. The maximum Gasteiger partial charge on any atom is 0.495 e. The molecule has 114 valence electrons. The summed E-state index contributed by atoms with van der Waals surface area (Å²) in [5.41, 5.74) is 0.397. The molecule has 4 nitrogen and oxygen atoms in total. The lowest BCUT2D eigenvalue weighted by Crippen LogP contribution is -2.41. The molecule has 1 N–H and O–H groups in total. The van der Waals surface area contributed by atoms with Crippen LogP contribution in [0.5, 0.6) is 0 Å². The van der Waals surface area contributed by atoms with Gasteiger partial charge in [-0.15, -0.1) is 0 Å². The zero-order valence-electron chi connectivity index (χ0n) is 13.2. The van der Waals surface area contributed by atoms with Crippen LogP contribution in [0.15, 0.2) is 36.4 Å². The standard InChI is InChI=1S/C17H19BO4/c1-16(2)17(3,4)22-18(21-16)14-7-5-6-11-10-12(15(19)20)8-9-13(11)14/h5-10H,1-4H3,(H,19,20). The van der Waals surface area contributed by atoms with Crippen LogP contribution in [0.3, 0.4) is 0 Å². The molecule has 1 saturated heterocycles. The smallest absolute Gasteiger partial charge is 0.478 e. The van der Waals surface area contributed by atoms with E-state index in [4.69, 9.17) is 14.4 Å². The monoisotopic (exact) mass is 298 g/mol. The Kier molecular flexibility index (Phi) is 3.31. The summed E-state index contributed by atoms with van der Waals surface area (Å²) in [6, 6.07) is 10.9. The molecule has 5 heteroatoms. The molecule has 0 amide bonds. The van der Waals surface area contributed by atoms with E-state index in [2.05, 4.69) is 0 Å². The molecule has 1 aliphatic rings. The van der Waals surface area contributed by atoms with Crippen molar-refractivity contribution in [1.82, 2.24) is 0 Å². The molecule has 0 spiro atoms. The van der Waals surface area contributed by atoms with E-state index in [1.807, 2.05) is 52.0 Å². The molecule has 2 aromatic carbocycles. The van der Waals surface area contributed by atoms with Gasteiger partial charge in [0.15, 0.2) is 0 Å². The van der Waals surface area contributed by atoms with Gasteiger partial charge in [-0.2, -0.15) is 0 Å². The fourth-order valence-corrected chi connectivity index (χ4v) is 2.62. The lowest BCUT2D eigenvalue weighted by molar-refractivity contribution is 0.00578. The van der Waals surface area contributed by atoms with Gasteiger partial charge in [-0.05, 0) is 56.1 Å². The molecule has 0 aliphatic carbocycles. The van der Waals surface area contributed by atoms with Crippen molar-refractivity contribution >= 4 is 29.3 Å². The Hall–Kier alpha value is -1.85. The highest BCUT2D eigenvalue weighted by atomic mass is 16.7. The van der Waals surface area contributed by atoms with Crippen molar-refractivity contribution in [3.05, 3.63) is 42.0 Å². The van der Waals surface area contributed by atoms with E-state index in [0.717, 1.165) is 16.2 Å². The summed E-state index contributed by atoms with van der Waals surface area (Å²) in [6.45, 7) is 8.06. The van der Waals surface area contributed by atoms with Crippen molar-refractivity contribution in [3.63, 3.8) is 0 Å². The van der Waals surface area contributed by atoms with Crippen molar-refractivity contribution in [2.75, 3.05) is 0 Å². The van der Waals surface area contributed by atoms with Gasteiger partial charge in [0, 0.05) is 0 Å². The Morgan fingerprint density at radius 1 is 1.05 bits per heavy atom. The van der Waals surface area contributed by atoms with Crippen molar-refractivity contribution in [3.8, 4) is 0 Å². The van der Waals surface area contributed by atoms with Crippen molar-refractivity contribution < 1.29 is 19.2 Å². The summed E-state index contributed by atoms with van der Waals surface area (Å²) in [5.74, 6) is -0.928. The van der Waals surface area contributed by atoms with E-state index < -0.39 is 24.3 Å². The van der Waals surface area contributed by atoms with Crippen molar-refractivity contribution in [1.29, 1.82) is 0 Å². The quantitative estimate of drug-likeness (QED) is 0.866. The Morgan fingerprint density at radius 3 is 2.27 bits per heavy atom. The first kappa shape index (κ1) is 15.1. The zero-order chi connectivity index (χ0) is 16.1. The molecule has 2 aromatic rings. The van der Waals surface area contributed by atoms with Crippen LogP contribution in [0.1, 0.15) is 38.1 Å². The molecular weight excluding hydrogens is 279 g/mol. The van der Waals surface area contributed by atoms with E-state index in [-0.39, 0.29) is 5.56 Å². The fourth-order valence-electron chi connectivity index (χ4n) is 2.62. The van der Waals surface area contributed by atoms with Gasteiger partial charge in [0.05, 0.1) is 16.8 Å². The first-order valence-electron chi connectivity index (χ1n) is 7.33. The summed E-state index contributed by atoms with van der Waals surface area (Å²) in [7, 11) is -0.454. The van der Waals surface area contributed by atoms with Gasteiger partial charge in [0.1, 0.15) is 0 Å². The first-order chi connectivity index (χ1) is 10.2. The first-order valence-corrected chi connectivity index (χ1v) is 7.33. The van der Waals surface area contributed by atoms with Crippen LogP contribution in [0.4, 0.5) is 0 Å². The number of carboxylic acids is 1. The molecule has 0 saturated carbocycles. The van der Waals surface area contributed by atoms with Gasteiger partial charge < -0.3 is 14.4 Å². The van der Waals surface area contributed by atoms with Crippen LogP contribution in [0.25, 0.3) is 10.8 Å². The van der Waals surface area contributed by atoms with Crippen molar-refractivity contribution in [2.45, 2.75) is 38.9 Å². The van der Waals surface area contributed by atoms with E-state index in [0.29, 0.717) is 0 Å². The number of aromatic carboxylic acids is 1. The number of hydrogen-bond acceptors (Lipinski definition) is 3. The maximum absolute atomic E-state index is 11.1. The lowest BCUT2D eigenvalue weighted by Gasteiger charge is -2.32. The molecule has 1 heterocycles. The van der Waals surface area contributed by atoms with Crippen LogP contribution in [-0.4, -0.2) is 29.4 Å². The van der Waals surface area contributed by atoms with Gasteiger partial charge in [-0.25, -0.2) is 4.79 Å². The Morgan fingerprint density at radius 2 is 1.68 bits per heavy atom. The number of fused-ring (bicyclic) bond motifs is 1. The van der Waals surface area contributed by atoms with E-state index in [1.165, 1.54) is 0 Å². The normalized spacial score (nSPS) is 19.5. The molecule has 22 heavy (non-hydrogen) atoms. The number of hydrogen-bond donors (Lipinski definition) is 1. The topological polar surface area (TPSA) is 55.8 Å². The minimum Gasteiger partial charge on any atom is -0.478 e. The van der Waals surface area contributed by atoms with Gasteiger partial charge in [-0.1, -0.05) is 24.3 Å². The molecule has 0 radical (unpaired) electrons. The zero-order valence-corrected chi connectivity index (χ0v) is 13.2. The van der Waals surface area contributed by atoms with Crippen LogP contribution < -0.4 is 5.46 Å². The third kappa shape index (κ3) is 2.30. The second-order valence-electron chi connectivity index (χ2n) is 6.68. The number of carbonyl (C=O) groups is 1. The number of rotatable bonds is 2. The number of carboxylic acid groups (broad SMARTS) is 1. The third-order valence-corrected chi connectivity index (χ3v) is 4.67. The van der Waals surface area contributed by atoms with Gasteiger partial charge in [0.2, 0.25) is 0 Å². The molecule has 1 aliphatic heterocycles. The average Bonchev–Trinajstić information content (AvgIpc) is 2.66. The Balaban J connectivity index is 2.07. The average molecular weight is 298 g/mol. The second-order valence-corrected chi connectivity index (χ2v) is 6.68. The van der Waals surface area contributed by atoms with Gasteiger partial charge in [0.25, 0.3) is 0 Å². The molecule has 1 fully saturated rings. The summed E-state index contributed by atoms with van der Waals surface area (Å²) in [5, 5.41) is 10.9. The number of benzene rings is 2. The van der Waals surface area contributed by atoms with Crippen molar-refractivity contribution in [2.24, 2.45) is 0 Å². The Labute approximate surface area is 130 Å². The molecule has 0 unspecified atom stereocenters. The molecule has 3 rings (SSSR count). The summed E-state index contributed by atoms with van der Waals surface area (Å²) < 4.78 is 12.2. The minimum atomic E-state index is -0.928. The predicted octanol–water partition coefficient (Wildman–Crippen LogP) is 2.84. The summed E-state index contributed by atoms with van der Waals surface area (Å²) in [6.07, 6.45) is 0. The second kappa shape index (κ2) is 4.83. The fraction of sp³-hybridized carbons (Fsp3) is 0.353. The Bertz CT molecular complexity index is 735. The van der Waals surface area contributed by atoms with E-state index in [9.17, 15) is 4.79 Å². The van der Waals surface area contributed by atoms with Crippen LogP contribution in [0, 0.1) is 0 Å². The SMILES string of the molecule is CC1(C)OB(c2cccc3cc(C(=O)O)ccc23)OC1(C)C. The van der Waals surface area contributed by atoms with Crippen LogP contribution in [0.2, 0.25) is 0 Å². The predicted molar refractivity (Wildman–Crippen MR) is 86.6 cm³/mol. The summed E-state index contributed by atoms with van der Waals surface area (Å²) >= 11 is 0. The molecular formula is C17H19BO4. The highest BCUT2D eigenvalue weighted by molar-refractivity contribution is 6.65. The van der Waals surface area contributed by atoms with Gasteiger partial charge in [-0.3, -0.25) is 0 Å². The molecule has 0 bridgehead atoms. The molecule has 0 aromatic heterocycles. The van der Waals surface area contributed by atoms with Gasteiger partial charge >= 0.3 is 13.1 Å². The van der Waals surface area contributed by atoms with E-state index >= 15 is 0 Å². The largest absolute Gasteiger partial charge is 0.495 e. The minimum absolute atomic E-state index is 0.276. The maximum atomic E-state index is 11.1. The van der Waals surface area contributed by atoms with Crippen LogP contribution in [-0.2, 0) is 9.31 Å². The summed E-state index contributed by atoms with van der Waals surface area (Å²) in [4.78, 5) is 11.1. The lowest BCUT2D eigenvalue weighted by atomic mass is 9.76.